The van der Waals surface area contributed by atoms with Crippen molar-refractivity contribution in [3.63, 3.8) is 0 Å². The van der Waals surface area contributed by atoms with Gasteiger partial charge in [0.15, 0.2) is 0 Å². The van der Waals surface area contributed by atoms with Gasteiger partial charge < -0.3 is 10.2 Å². The molecule has 1 atom stereocenters. The Morgan fingerprint density at radius 2 is 2.12 bits per heavy atom. The molecule has 1 saturated carbocycles. The van der Waals surface area contributed by atoms with Crippen LogP contribution in [0, 0.1) is 18.2 Å². The molecule has 2 aromatic rings. The van der Waals surface area contributed by atoms with E-state index in [1.165, 1.54) is 11.6 Å². The Labute approximate surface area is 164 Å². The summed E-state index contributed by atoms with van der Waals surface area (Å²) in [4.78, 5) is 15.3. The fourth-order valence-corrected chi connectivity index (χ4v) is 4.74. The van der Waals surface area contributed by atoms with Gasteiger partial charge >= 0.3 is 0 Å². The molecule has 1 amide bonds. The predicted molar refractivity (Wildman–Crippen MR) is 106 cm³/mol. The van der Waals surface area contributed by atoms with Gasteiger partial charge in [0.05, 0.1) is 0 Å². The zero-order valence-corrected chi connectivity index (χ0v) is 16.5. The molecular formula is C20H24ClFN2OS. The minimum Gasteiger partial charge on any atom is -0.331 e. The molecular weight excluding hydrogens is 371 g/mol. The molecule has 1 aliphatic carbocycles. The van der Waals surface area contributed by atoms with Crippen molar-refractivity contribution in [2.45, 2.75) is 38.8 Å². The van der Waals surface area contributed by atoms with E-state index >= 15 is 0 Å². The van der Waals surface area contributed by atoms with Gasteiger partial charge in [-0.1, -0.05) is 0 Å². The second-order valence-corrected chi connectivity index (χ2v) is 8.14. The van der Waals surface area contributed by atoms with E-state index in [0.717, 1.165) is 32.4 Å². The number of nitrogens with zero attached hydrogens (tertiary/aromatic N) is 1. The van der Waals surface area contributed by atoms with Gasteiger partial charge in [-0.05, 0) is 90.8 Å². The first-order valence-corrected chi connectivity index (χ1v) is 9.82. The van der Waals surface area contributed by atoms with Gasteiger partial charge in [0.25, 0.3) is 5.91 Å². The van der Waals surface area contributed by atoms with E-state index < -0.39 is 0 Å². The van der Waals surface area contributed by atoms with Crippen LogP contribution < -0.4 is 5.32 Å². The number of hydrogen-bond acceptors (Lipinski definition) is 3. The first-order chi connectivity index (χ1) is 12.1. The highest BCUT2D eigenvalue weighted by molar-refractivity contribution is 7.07. The Kier molecular flexibility index (Phi) is 5.70. The van der Waals surface area contributed by atoms with Crippen molar-refractivity contribution in [2.75, 3.05) is 13.1 Å². The van der Waals surface area contributed by atoms with Crippen molar-refractivity contribution in [3.8, 4) is 0 Å². The first-order valence-electron chi connectivity index (χ1n) is 8.88. The predicted octanol–water partition coefficient (Wildman–Crippen LogP) is 4.40. The van der Waals surface area contributed by atoms with Crippen molar-refractivity contribution in [2.24, 2.45) is 5.41 Å². The van der Waals surface area contributed by atoms with Crippen LogP contribution in [0.5, 0.6) is 0 Å². The molecule has 1 spiro atoms. The fourth-order valence-electron chi connectivity index (χ4n) is 4.08. The summed E-state index contributed by atoms with van der Waals surface area (Å²) in [5.41, 5.74) is 2.57. The number of thiophene rings is 1. The topological polar surface area (TPSA) is 32.3 Å². The molecule has 1 aliphatic heterocycles. The van der Waals surface area contributed by atoms with Gasteiger partial charge in [-0.25, -0.2) is 4.39 Å². The molecule has 2 fully saturated rings. The van der Waals surface area contributed by atoms with Gasteiger partial charge in [-0.3, -0.25) is 4.79 Å². The molecule has 4 rings (SSSR count). The van der Waals surface area contributed by atoms with Crippen LogP contribution in [0.15, 0.2) is 35.0 Å². The second-order valence-electron chi connectivity index (χ2n) is 7.36. The second kappa shape index (κ2) is 7.67. The van der Waals surface area contributed by atoms with Gasteiger partial charge in [0.1, 0.15) is 5.82 Å². The van der Waals surface area contributed by atoms with E-state index in [0.29, 0.717) is 23.7 Å². The highest BCUT2D eigenvalue weighted by Gasteiger charge is 2.57. The lowest BCUT2D eigenvalue weighted by molar-refractivity contribution is 0.0692. The molecule has 1 aromatic carbocycles. The summed E-state index contributed by atoms with van der Waals surface area (Å²) in [5.74, 6) is -0.239. The largest absolute Gasteiger partial charge is 0.331 e. The zero-order valence-electron chi connectivity index (χ0n) is 14.8. The van der Waals surface area contributed by atoms with Crippen molar-refractivity contribution in [1.82, 2.24) is 10.2 Å². The average molecular weight is 395 g/mol. The SMILES string of the molecule is Cc1cc(C(=O)N(Cc2ccsc2)C2CC23CCNCC3)ccc1F.Cl. The van der Waals surface area contributed by atoms with Gasteiger partial charge in [-0.2, -0.15) is 11.3 Å². The number of carbonyl (C=O) groups excluding carboxylic acids is 1. The highest BCUT2D eigenvalue weighted by atomic mass is 35.5. The normalized spacial score (nSPS) is 20.5. The Morgan fingerprint density at radius 3 is 2.77 bits per heavy atom. The number of carbonyl (C=O) groups is 1. The number of halogens is 2. The summed E-state index contributed by atoms with van der Waals surface area (Å²) in [6.07, 6.45) is 3.35. The minimum atomic E-state index is -0.262. The average Bonchev–Trinajstić information content (AvgIpc) is 3.06. The van der Waals surface area contributed by atoms with E-state index in [4.69, 9.17) is 0 Å². The number of nitrogens with one attached hydrogen (secondary N) is 1. The summed E-state index contributed by atoms with van der Waals surface area (Å²) < 4.78 is 13.6. The molecule has 2 aliphatic rings. The molecule has 140 valence electrons. The van der Waals surface area contributed by atoms with Crippen LogP contribution in [0.3, 0.4) is 0 Å². The maximum atomic E-state index is 13.6. The summed E-state index contributed by atoms with van der Waals surface area (Å²) in [6.45, 7) is 4.42. The third-order valence-electron chi connectivity index (χ3n) is 5.72. The molecule has 1 N–H and O–H groups in total. The molecule has 26 heavy (non-hydrogen) atoms. The highest BCUT2D eigenvalue weighted by Crippen LogP contribution is 2.56. The summed E-state index contributed by atoms with van der Waals surface area (Å²) >= 11 is 1.66. The van der Waals surface area contributed by atoms with Gasteiger partial charge in [0.2, 0.25) is 0 Å². The first kappa shape index (κ1) is 19.3. The smallest absolute Gasteiger partial charge is 0.254 e. The van der Waals surface area contributed by atoms with Crippen LogP contribution in [0.1, 0.15) is 40.7 Å². The van der Waals surface area contributed by atoms with Gasteiger partial charge in [-0.15, -0.1) is 12.4 Å². The van der Waals surface area contributed by atoms with E-state index in [1.807, 2.05) is 10.3 Å². The molecule has 1 aromatic heterocycles. The van der Waals surface area contributed by atoms with Crippen LogP contribution in [0.4, 0.5) is 4.39 Å². The summed E-state index contributed by atoms with van der Waals surface area (Å²) in [7, 11) is 0. The van der Waals surface area contributed by atoms with E-state index in [-0.39, 0.29) is 29.5 Å². The maximum absolute atomic E-state index is 13.6. The summed E-state index contributed by atoms with van der Waals surface area (Å²) in [5, 5.41) is 7.57. The number of amides is 1. The minimum absolute atomic E-state index is 0. The van der Waals surface area contributed by atoms with Crippen LogP contribution in [-0.2, 0) is 6.54 Å². The molecule has 6 heteroatoms. The third kappa shape index (κ3) is 3.66. The molecule has 3 nitrogen and oxygen atoms in total. The number of hydrogen-bond donors (Lipinski definition) is 1. The monoisotopic (exact) mass is 394 g/mol. The number of rotatable bonds is 4. The lowest BCUT2D eigenvalue weighted by Gasteiger charge is -2.29. The summed E-state index contributed by atoms with van der Waals surface area (Å²) in [6, 6.07) is 7.07. The number of piperidine rings is 1. The molecule has 0 radical (unpaired) electrons. The lowest BCUT2D eigenvalue weighted by Crippen LogP contribution is -2.39. The van der Waals surface area contributed by atoms with Crippen molar-refractivity contribution < 1.29 is 9.18 Å². The lowest BCUT2D eigenvalue weighted by atomic mass is 9.93. The Bertz CT molecular complexity index is 774. The zero-order chi connectivity index (χ0) is 17.4. The van der Waals surface area contributed by atoms with E-state index in [2.05, 4.69) is 16.8 Å². The van der Waals surface area contributed by atoms with Crippen molar-refractivity contribution in [3.05, 3.63) is 57.5 Å². The maximum Gasteiger partial charge on any atom is 0.254 e. The van der Waals surface area contributed by atoms with E-state index in [1.54, 1.807) is 30.4 Å². The Balaban J connectivity index is 0.00000196. The van der Waals surface area contributed by atoms with Crippen LogP contribution in [0.25, 0.3) is 0 Å². The number of benzene rings is 1. The molecule has 0 bridgehead atoms. The van der Waals surface area contributed by atoms with Crippen LogP contribution in [-0.4, -0.2) is 29.9 Å². The third-order valence-corrected chi connectivity index (χ3v) is 6.45. The Hall–Kier alpha value is -1.43. The molecule has 1 saturated heterocycles. The fraction of sp³-hybridized carbons (Fsp3) is 0.450. The number of aryl methyl sites for hydroxylation is 1. The Morgan fingerprint density at radius 1 is 1.35 bits per heavy atom. The van der Waals surface area contributed by atoms with Crippen molar-refractivity contribution >= 4 is 29.7 Å². The quantitative estimate of drug-likeness (QED) is 0.833. The van der Waals surface area contributed by atoms with Gasteiger partial charge in [0, 0.05) is 18.2 Å². The van der Waals surface area contributed by atoms with Crippen LogP contribution in [0.2, 0.25) is 0 Å². The molecule has 1 unspecified atom stereocenters. The van der Waals surface area contributed by atoms with Crippen molar-refractivity contribution in [1.29, 1.82) is 0 Å². The van der Waals surface area contributed by atoms with E-state index in [9.17, 15) is 9.18 Å². The molecule has 2 heterocycles. The van der Waals surface area contributed by atoms with Crippen LogP contribution >= 0.6 is 23.7 Å². The standard InChI is InChI=1S/C20H23FN2OS.ClH/c1-14-10-16(2-3-17(14)21)19(24)23(12-15-4-9-25-13-15)18-11-20(18)5-7-22-8-6-20;/h2-4,9-10,13,18,22H,5-8,11-12H2,1H3;1H.